The molecule has 5 heteroatoms. The molecule has 1 unspecified atom stereocenters. The van der Waals surface area contributed by atoms with Crippen LogP contribution in [-0.4, -0.2) is 37.7 Å². The van der Waals surface area contributed by atoms with E-state index in [1.807, 2.05) is 30.3 Å². The molecule has 0 amide bonds. The van der Waals surface area contributed by atoms with Crippen molar-refractivity contribution < 1.29 is 19.0 Å². The zero-order valence-electron chi connectivity index (χ0n) is 10.3. The average molecular weight is 317 g/mol. The van der Waals surface area contributed by atoms with Crippen molar-refractivity contribution in [3.05, 3.63) is 35.9 Å². The van der Waals surface area contributed by atoms with Gasteiger partial charge in [0.05, 0.1) is 19.8 Å². The fourth-order valence-electron chi connectivity index (χ4n) is 1.22. The number of alkyl halides is 1. The van der Waals surface area contributed by atoms with Crippen molar-refractivity contribution in [2.24, 2.45) is 0 Å². The quantitative estimate of drug-likeness (QED) is 0.419. The Morgan fingerprint density at radius 2 is 2.00 bits per heavy atom. The van der Waals surface area contributed by atoms with Gasteiger partial charge in [0.15, 0.2) is 0 Å². The number of hydrogen-bond acceptors (Lipinski definition) is 4. The third-order valence-electron chi connectivity index (χ3n) is 2.18. The predicted molar refractivity (Wildman–Crippen MR) is 71.6 cm³/mol. The summed E-state index contributed by atoms with van der Waals surface area (Å²) >= 11 is 3.23. The molecule has 0 spiro atoms. The lowest BCUT2D eigenvalue weighted by Crippen LogP contribution is -2.23. The van der Waals surface area contributed by atoms with Crippen LogP contribution in [0.5, 0.6) is 0 Å². The molecule has 0 saturated carbocycles. The largest absolute Gasteiger partial charge is 0.460 e. The highest BCUT2D eigenvalue weighted by atomic mass is 79.9. The van der Waals surface area contributed by atoms with E-state index in [1.165, 1.54) is 0 Å². The number of ether oxygens (including phenoxy) is 3. The summed E-state index contributed by atoms with van der Waals surface area (Å²) < 4.78 is 15.2. The topological polar surface area (TPSA) is 44.8 Å². The number of carbonyl (C=O) groups excluding carboxylic acids is 1. The third-order valence-corrected chi connectivity index (χ3v) is 2.81. The first-order valence-electron chi connectivity index (χ1n) is 5.65. The zero-order chi connectivity index (χ0) is 13.2. The van der Waals surface area contributed by atoms with Crippen LogP contribution in [-0.2, 0) is 25.6 Å². The first-order chi connectivity index (χ1) is 8.74. The standard InChI is InChI=1S/C13H17BrO4/c1-16-7-8-17-10-12(14)13(15)18-9-11-5-3-2-4-6-11/h2-6,12H,7-10H2,1H3. The van der Waals surface area contributed by atoms with Gasteiger partial charge in [-0.2, -0.15) is 0 Å². The highest BCUT2D eigenvalue weighted by molar-refractivity contribution is 9.10. The van der Waals surface area contributed by atoms with Gasteiger partial charge >= 0.3 is 5.97 Å². The number of rotatable bonds is 8. The van der Waals surface area contributed by atoms with E-state index < -0.39 is 4.83 Å². The van der Waals surface area contributed by atoms with Gasteiger partial charge in [-0.05, 0) is 5.56 Å². The summed E-state index contributed by atoms with van der Waals surface area (Å²) in [4.78, 5) is 11.2. The Kier molecular flexibility index (Phi) is 7.64. The maximum Gasteiger partial charge on any atom is 0.322 e. The van der Waals surface area contributed by atoms with Crippen molar-refractivity contribution >= 4 is 21.9 Å². The van der Waals surface area contributed by atoms with Gasteiger partial charge in [-0.15, -0.1) is 0 Å². The van der Waals surface area contributed by atoms with Crippen molar-refractivity contribution in [2.75, 3.05) is 26.9 Å². The minimum Gasteiger partial charge on any atom is -0.460 e. The highest BCUT2D eigenvalue weighted by Gasteiger charge is 2.16. The van der Waals surface area contributed by atoms with E-state index in [0.717, 1.165) is 5.56 Å². The third kappa shape index (κ3) is 6.14. The van der Waals surface area contributed by atoms with Crippen molar-refractivity contribution in [1.82, 2.24) is 0 Å². The zero-order valence-corrected chi connectivity index (χ0v) is 11.9. The van der Waals surface area contributed by atoms with Gasteiger partial charge in [-0.25, -0.2) is 0 Å². The molecule has 0 aliphatic heterocycles. The fraction of sp³-hybridized carbons (Fsp3) is 0.462. The van der Waals surface area contributed by atoms with E-state index in [0.29, 0.717) is 13.2 Å². The Morgan fingerprint density at radius 3 is 2.67 bits per heavy atom. The van der Waals surface area contributed by atoms with E-state index in [9.17, 15) is 4.79 Å². The molecule has 0 aromatic heterocycles. The lowest BCUT2D eigenvalue weighted by atomic mass is 10.2. The van der Waals surface area contributed by atoms with Gasteiger partial charge in [-0.1, -0.05) is 46.3 Å². The molecular weight excluding hydrogens is 300 g/mol. The van der Waals surface area contributed by atoms with Gasteiger partial charge in [0.25, 0.3) is 0 Å². The molecule has 4 nitrogen and oxygen atoms in total. The molecule has 0 N–H and O–H groups in total. The molecule has 0 aliphatic carbocycles. The van der Waals surface area contributed by atoms with Gasteiger partial charge in [0.1, 0.15) is 11.4 Å². The predicted octanol–water partition coefficient (Wildman–Crippen LogP) is 2.16. The molecular formula is C13H17BrO4. The Morgan fingerprint density at radius 1 is 1.28 bits per heavy atom. The van der Waals surface area contributed by atoms with Gasteiger partial charge in [-0.3, -0.25) is 4.79 Å². The number of hydrogen-bond donors (Lipinski definition) is 0. The van der Waals surface area contributed by atoms with E-state index >= 15 is 0 Å². The molecule has 0 fully saturated rings. The molecule has 1 aromatic rings. The average Bonchev–Trinajstić information content (AvgIpc) is 2.42. The summed E-state index contributed by atoms with van der Waals surface area (Å²) in [6.45, 7) is 1.53. The Labute approximate surface area is 115 Å². The summed E-state index contributed by atoms with van der Waals surface area (Å²) in [5.74, 6) is -0.323. The first-order valence-corrected chi connectivity index (χ1v) is 6.57. The molecule has 0 bridgehead atoms. The van der Waals surface area contributed by atoms with Crippen LogP contribution in [0.1, 0.15) is 5.56 Å². The molecule has 0 radical (unpaired) electrons. The molecule has 18 heavy (non-hydrogen) atoms. The highest BCUT2D eigenvalue weighted by Crippen LogP contribution is 2.07. The molecule has 1 atom stereocenters. The Balaban J connectivity index is 2.19. The molecule has 1 rings (SSSR count). The molecule has 0 saturated heterocycles. The fourth-order valence-corrected chi connectivity index (χ4v) is 1.54. The molecule has 1 aromatic carbocycles. The smallest absolute Gasteiger partial charge is 0.322 e. The number of halogens is 1. The number of methoxy groups -OCH3 is 1. The minimum atomic E-state index is -0.446. The normalized spacial score (nSPS) is 12.1. The lowest BCUT2D eigenvalue weighted by Gasteiger charge is -2.10. The Hall–Kier alpha value is -0.910. The summed E-state index contributed by atoms with van der Waals surface area (Å²) in [6.07, 6.45) is 0. The number of carbonyl (C=O) groups is 1. The molecule has 0 heterocycles. The van der Waals surface area contributed by atoms with Crippen LogP contribution in [0.3, 0.4) is 0 Å². The van der Waals surface area contributed by atoms with Crippen LogP contribution in [0.2, 0.25) is 0 Å². The minimum absolute atomic E-state index is 0.275. The van der Waals surface area contributed by atoms with E-state index in [1.54, 1.807) is 7.11 Å². The SMILES string of the molecule is COCCOCC(Br)C(=O)OCc1ccccc1. The van der Waals surface area contributed by atoms with Crippen LogP contribution in [0.15, 0.2) is 30.3 Å². The van der Waals surface area contributed by atoms with Gasteiger partial charge in [0.2, 0.25) is 0 Å². The van der Waals surface area contributed by atoms with Crippen LogP contribution in [0.4, 0.5) is 0 Å². The second-order valence-electron chi connectivity index (χ2n) is 3.63. The molecule has 0 aliphatic rings. The van der Waals surface area contributed by atoms with E-state index in [2.05, 4.69) is 15.9 Å². The second-order valence-corrected chi connectivity index (χ2v) is 4.73. The van der Waals surface area contributed by atoms with E-state index in [-0.39, 0.29) is 19.2 Å². The maximum atomic E-state index is 11.6. The van der Waals surface area contributed by atoms with Crippen LogP contribution < -0.4 is 0 Å². The van der Waals surface area contributed by atoms with Gasteiger partial charge in [0, 0.05) is 7.11 Å². The summed E-state index contributed by atoms with van der Waals surface area (Å²) in [5.41, 5.74) is 0.964. The number of benzene rings is 1. The van der Waals surface area contributed by atoms with Crippen LogP contribution >= 0.6 is 15.9 Å². The van der Waals surface area contributed by atoms with E-state index in [4.69, 9.17) is 14.2 Å². The summed E-state index contributed by atoms with van der Waals surface area (Å²) in [5, 5.41) is 0. The lowest BCUT2D eigenvalue weighted by molar-refractivity contribution is -0.145. The second kappa shape index (κ2) is 9.08. The van der Waals surface area contributed by atoms with Crippen molar-refractivity contribution in [3.8, 4) is 0 Å². The van der Waals surface area contributed by atoms with Crippen LogP contribution in [0, 0.1) is 0 Å². The summed E-state index contributed by atoms with van der Waals surface area (Å²) in [6, 6.07) is 9.55. The number of esters is 1. The van der Waals surface area contributed by atoms with Crippen molar-refractivity contribution in [1.29, 1.82) is 0 Å². The van der Waals surface area contributed by atoms with Gasteiger partial charge < -0.3 is 14.2 Å². The monoisotopic (exact) mass is 316 g/mol. The first kappa shape index (κ1) is 15.1. The Bertz CT molecular complexity index is 342. The summed E-state index contributed by atoms with van der Waals surface area (Å²) in [7, 11) is 1.60. The maximum absolute atomic E-state index is 11.6. The van der Waals surface area contributed by atoms with Crippen molar-refractivity contribution in [2.45, 2.75) is 11.4 Å². The van der Waals surface area contributed by atoms with Crippen LogP contribution in [0.25, 0.3) is 0 Å². The van der Waals surface area contributed by atoms with Crippen molar-refractivity contribution in [3.63, 3.8) is 0 Å². The molecule has 100 valence electrons.